The van der Waals surface area contributed by atoms with Crippen molar-refractivity contribution in [3.8, 4) is 23.0 Å². The van der Waals surface area contributed by atoms with Crippen LogP contribution in [0.1, 0.15) is 5.56 Å². The Balaban J connectivity index is 0.00000113. The van der Waals surface area contributed by atoms with E-state index in [1.165, 1.54) is 16.8 Å². The molecule has 31 heavy (non-hydrogen) atoms. The molecule has 0 unspecified atom stereocenters. The Hall–Kier alpha value is -2.04. The summed E-state index contributed by atoms with van der Waals surface area (Å²) in [6.45, 7) is 0. The van der Waals surface area contributed by atoms with Gasteiger partial charge in [0.15, 0.2) is 5.13 Å². The molecule has 0 atom stereocenters. The van der Waals surface area contributed by atoms with Crippen LogP contribution in [0, 0.1) is 27.8 Å². The Morgan fingerprint density at radius 2 is 1.90 bits per heavy atom. The molecule has 0 bridgehead atoms. The smallest absolute Gasteiger partial charge is 0.696 e. The summed E-state index contributed by atoms with van der Waals surface area (Å²) in [5, 5.41) is 19.5. The molecule has 0 fully saturated rings. The van der Waals surface area contributed by atoms with Gasteiger partial charge in [-0.25, -0.2) is 14.6 Å². The molecular formula is C17H8F4KN5O2S2. The quantitative estimate of drug-likeness (QED) is 0.243. The molecular weight excluding hydrogens is 485 g/mol. The van der Waals surface area contributed by atoms with E-state index < -0.39 is 23.6 Å². The summed E-state index contributed by atoms with van der Waals surface area (Å²) in [4.78, 5) is 15.0. The summed E-state index contributed by atoms with van der Waals surface area (Å²) in [5.41, 5.74) is 5.51. The van der Waals surface area contributed by atoms with Crippen molar-refractivity contribution in [1.29, 1.82) is 10.5 Å². The molecule has 1 amide bonds. The van der Waals surface area contributed by atoms with E-state index >= 15 is 0 Å². The summed E-state index contributed by atoms with van der Waals surface area (Å²) in [5.74, 6) is -3.40. The number of thiazole rings is 1. The van der Waals surface area contributed by atoms with Crippen LogP contribution in [-0.2, 0) is 17.4 Å². The van der Waals surface area contributed by atoms with Gasteiger partial charge in [0.05, 0.1) is 15.9 Å². The number of thiocyanates is 1. The maximum atomic E-state index is 13.7. The Bertz CT molecular complexity index is 1190. The number of carbonyl (C=O) groups excluding carboxylic acids is 1. The number of hydrogen-bond acceptors (Lipinski definition) is 8. The van der Waals surface area contributed by atoms with Gasteiger partial charge in [-0.15, -0.1) is 0 Å². The number of nitriles is 2. The molecule has 0 aliphatic carbocycles. The second-order valence-corrected chi connectivity index (χ2v) is 6.45. The third-order valence-corrected chi connectivity index (χ3v) is 4.24. The number of aromatic nitrogens is 1. The van der Waals surface area contributed by atoms with E-state index in [4.69, 9.17) is 15.7 Å². The second-order valence-electron chi connectivity index (χ2n) is 5.24. The van der Waals surface area contributed by atoms with E-state index in [1.807, 2.05) is 6.07 Å². The number of halogens is 4. The number of anilines is 2. The number of nitrogens with one attached hydrogen (secondary N) is 1. The largest absolute Gasteiger partial charge is 1.00 e. The number of nitrogen functional groups attached to an aromatic ring is 1. The summed E-state index contributed by atoms with van der Waals surface area (Å²) < 4.78 is 56.7. The Morgan fingerprint density at radius 1 is 1.26 bits per heavy atom. The van der Waals surface area contributed by atoms with Gasteiger partial charge in [0.25, 0.3) is 0 Å². The van der Waals surface area contributed by atoms with E-state index in [1.54, 1.807) is 6.07 Å². The van der Waals surface area contributed by atoms with Crippen LogP contribution in [0.5, 0.6) is 11.5 Å². The third-order valence-electron chi connectivity index (χ3n) is 3.32. The number of nitrogens with two attached hydrogens (primary N) is 1. The number of nitrogens with zero attached hydrogens (tertiary/aromatic N) is 3. The first-order valence-electron chi connectivity index (χ1n) is 7.56. The minimum Gasteiger partial charge on any atom is -0.696 e. The van der Waals surface area contributed by atoms with Gasteiger partial charge in [-0.1, -0.05) is 16.7 Å². The molecule has 1 heterocycles. The van der Waals surface area contributed by atoms with Gasteiger partial charge < -0.3 is 28.4 Å². The normalized spacial score (nSPS) is 10.0. The summed E-state index contributed by atoms with van der Waals surface area (Å²) in [6, 6.07) is 7.78. The molecule has 0 saturated heterocycles. The molecule has 2 aromatic carbocycles. The minimum absolute atomic E-state index is 0. The van der Waals surface area contributed by atoms with Crippen LogP contribution in [0.25, 0.3) is 10.2 Å². The zero-order valence-corrected chi connectivity index (χ0v) is 20.2. The van der Waals surface area contributed by atoms with Gasteiger partial charge in [0.1, 0.15) is 28.9 Å². The van der Waals surface area contributed by atoms with Gasteiger partial charge in [-0.05, 0) is 24.3 Å². The molecule has 3 rings (SSSR count). The van der Waals surface area contributed by atoms with Crippen molar-refractivity contribution >= 4 is 50.9 Å². The summed E-state index contributed by atoms with van der Waals surface area (Å²) in [6.07, 6.45) is -5.17. The van der Waals surface area contributed by atoms with Gasteiger partial charge in [0.2, 0.25) is 0 Å². The average molecular weight is 494 g/mol. The van der Waals surface area contributed by atoms with Crippen molar-refractivity contribution in [3.05, 3.63) is 41.7 Å². The number of fused-ring (bicyclic) bond motifs is 1. The fraction of sp³-hybridized carbons (Fsp3) is 0.0588. The van der Waals surface area contributed by atoms with Crippen LogP contribution in [0.4, 0.5) is 28.4 Å². The molecule has 0 saturated carbocycles. The average Bonchev–Trinajstić information content (AvgIpc) is 3.04. The topological polar surface area (TPSA) is 125 Å². The molecule has 0 aliphatic heterocycles. The molecule has 154 valence electrons. The predicted molar refractivity (Wildman–Crippen MR) is 103 cm³/mol. The fourth-order valence-corrected chi connectivity index (χ4v) is 2.99. The molecule has 14 heteroatoms. The van der Waals surface area contributed by atoms with Crippen LogP contribution in [0.15, 0.2) is 30.3 Å². The fourth-order valence-electron chi connectivity index (χ4n) is 2.17. The van der Waals surface area contributed by atoms with Crippen LogP contribution >= 0.6 is 11.3 Å². The van der Waals surface area contributed by atoms with E-state index in [0.29, 0.717) is 10.2 Å². The molecule has 0 spiro atoms. The molecule has 1 aromatic heterocycles. The second kappa shape index (κ2) is 11.5. The van der Waals surface area contributed by atoms with Crippen molar-refractivity contribution < 1.29 is 78.5 Å². The number of rotatable bonds is 3. The first kappa shape index (κ1) is 27.0. The number of hydrogen-bond donors (Lipinski definition) is 2. The van der Waals surface area contributed by atoms with E-state index in [-0.39, 0.29) is 73.6 Å². The minimum atomic E-state index is -5.17. The Labute approximate surface area is 224 Å². The first-order valence-corrected chi connectivity index (χ1v) is 8.79. The van der Waals surface area contributed by atoms with Gasteiger partial charge >= 0.3 is 63.5 Å². The molecule has 0 aliphatic rings. The number of amides is 1. The summed E-state index contributed by atoms with van der Waals surface area (Å²) in [7, 11) is 0. The number of carbonyl (C=O) groups is 1. The van der Waals surface area contributed by atoms with Crippen LogP contribution in [0.3, 0.4) is 0 Å². The number of benzene rings is 2. The maximum Gasteiger partial charge on any atom is 1.00 e. The van der Waals surface area contributed by atoms with Crippen molar-refractivity contribution in [2.24, 2.45) is 0 Å². The molecule has 3 N–H and O–H groups in total. The van der Waals surface area contributed by atoms with Crippen molar-refractivity contribution in [1.82, 2.24) is 4.98 Å². The SMILES string of the molecule is N#C[S-].N#Cc1c(Oc2ccc(F)c(NC(=O)C(F)(F)F)c2)ccc2nc(N)sc12.[K+]. The third kappa shape index (κ3) is 6.98. The van der Waals surface area contributed by atoms with Crippen molar-refractivity contribution in [3.63, 3.8) is 0 Å². The number of alkyl halides is 3. The van der Waals surface area contributed by atoms with E-state index in [2.05, 4.69) is 17.6 Å². The molecule has 0 radical (unpaired) electrons. The standard InChI is InChI=1S/C16H8F4N4O2S.CHNS.K/c17-9-2-1-7(5-11(9)23-14(25)16(18,19)20)26-12-4-3-10-13(8(12)6-21)27-15(22)24-10;2-1-3;/h1-5H,(H2,22,24)(H,23,25);3H;/q;;+1/p-1. The zero-order chi connectivity index (χ0) is 22.5. The van der Waals surface area contributed by atoms with Crippen molar-refractivity contribution in [2.75, 3.05) is 11.1 Å². The van der Waals surface area contributed by atoms with Gasteiger partial charge in [-0.2, -0.15) is 18.4 Å². The predicted octanol–water partition coefficient (Wildman–Crippen LogP) is 1.20. The van der Waals surface area contributed by atoms with Gasteiger partial charge in [0, 0.05) is 6.07 Å². The zero-order valence-electron chi connectivity index (χ0n) is 15.5. The number of ether oxygens (including phenoxy) is 1. The van der Waals surface area contributed by atoms with Gasteiger partial charge in [-0.3, -0.25) is 4.79 Å². The van der Waals surface area contributed by atoms with Crippen LogP contribution in [-0.4, -0.2) is 17.1 Å². The van der Waals surface area contributed by atoms with E-state index in [0.717, 1.165) is 29.5 Å². The molecule has 7 nitrogen and oxygen atoms in total. The van der Waals surface area contributed by atoms with Crippen LogP contribution < -0.4 is 67.2 Å². The maximum absolute atomic E-state index is 13.7. The van der Waals surface area contributed by atoms with Crippen LogP contribution in [0.2, 0.25) is 0 Å². The van der Waals surface area contributed by atoms with Crippen molar-refractivity contribution in [2.45, 2.75) is 6.18 Å². The summed E-state index contributed by atoms with van der Waals surface area (Å²) >= 11 is 4.77. The first-order chi connectivity index (χ1) is 14.1. The Morgan fingerprint density at radius 3 is 2.48 bits per heavy atom. The molecule has 3 aromatic rings. The monoisotopic (exact) mass is 493 g/mol. The van der Waals surface area contributed by atoms with E-state index in [9.17, 15) is 27.6 Å². The Kier molecular flexibility index (Phi) is 10.0.